The third kappa shape index (κ3) is 5.19. The van der Waals surface area contributed by atoms with Crippen molar-refractivity contribution in [1.29, 1.82) is 0 Å². The molecule has 1 N–H and O–H groups in total. The van der Waals surface area contributed by atoms with Gasteiger partial charge in [0, 0.05) is 24.7 Å². The van der Waals surface area contributed by atoms with Crippen LogP contribution in [0.3, 0.4) is 0 Å². The Morgan fingerprint density at radius 1 is 0.974 bits per heavy atom. The number of hydrogen-bond donors (Lipinski definition) is 1. The Balaban J connectivity index is 1.42. The minimum Gasteiger partial charge on any atom is -0.450 e. The van der Waals surface area contributed by atoms with Gasteiger partial charge in [-0.25, -0.2) is 9.00 Å². The number of carbonyl (C=O) groups is 3. The zero-order chi connectivity index (χ0) is 26.6. The summed E-state index contributed by atoms with van der Waals surface area (Å²) in [5.41, 5.74) is 2.14. The summed E-state index contributed by atoms with van der Waals surface area (Å²) >= 11 is 0. The highest BCUT2D eigenvalue weighted by Crippen LogP contribution is 2.36. The first-order valence-electron chi connectivity index (χ1n) is 12.7. The zero-order valence-electron chi connectivity index (χ0n) is 21.1. The van der Waals surface area contributed by atoms with E-state index in [0.29, 0.717) is 59.1 Å². The first kappa shape index (κ1) is 25.7. The largest absolute Gasteiger partial charge is 0.450 e. The SMILES string of the molecule is CCOC(=O)N1CCC(NC(=O)c2ccc3c(c2)N(Cc2ccccc2)C(=O)c2ccccc2[S@]3=O)CC1. The van der Waals surface area contributed by atoms with E-state index >= 15 is 0 Å². The Kier molecular flexibility index (Phi) is 7.55. The van der Waals surface area contributed by atoms with Gasteiger partial charge in [0.15, 0.2) is 0 Å². The van der Waals surface area contributed by atoms with Crippen LogP contribution in [0.1, 0.15) is 46.0 Å². The minimum atomic E-state index is -1.59. The summed E-state index contributed by atoms with van der Waals surface area (Å²) in [5.74, 6) is -0.539. The average Bonchev–Trinajstić information content (AvgIpc) is 3.03. The first-order chi connectivity index (χ1) is 18.5. The number of anilines is 1. The molecule has 1 saturated heterocycles. The fraction of sp³-hybridized carbons (Fsp3) is 0.276. The number of ether oxygens (including phenoxy) is 1. The van der Waals surface area contributed by atoms with Crippen LogP contribution >= 0.6 is 0 Å². The molecule has 0 radical (unpaired) electrons. The fourth-order valence-corrected chi connectivity index (χ4v) is 6.16. The highest BCUT2D eigenvalue weighted by molar-refractivity contribution is 7.85. The summed E-state index contributed by atoms with van der Waals surface area (Å²) in [6.07, 6.45) is 0.904. The van der Waals surface area contributed by atoms with Crippen molar-refractivity contribution < 1.29 is 23.3 Å². The van der Waals surface area contributed by atoms with Crippen LogP contribution in [0.15, 0.2) is 82.6 Å². The molecule has 8 nitrogen and oxygen atoms in total. The molecule has 3 aromatic rings. The molecule has 0 bridgehead atoms. The van der Waals surface area contributed by atoms with Gasteiger partial charge in [0.25, 0.3) is 11.8 Å². The smallest absolute Gasteiger partial charge is 0.409 e. The molecule has 3 aromatic carbocycles. The lowest BCUT2D eigenvalue weighted by molar-refractivity contribution is 0.0858. The van der Waals surface area contributed by atoms with Crippen LogP contribution in [0.25, 0.3) is 0 Å². The predicted octanol–water partition coefficient (Wildman–Crippen LogP) is 4.36. The molecule has 2 heterocycles. The van der Waals surface area contributed by atoms with Crippen molar-refractivity contribution >= 4 is 34.4 Å². The fourth-order valence-electron chi connectivity index (χ4n) is 4.82. The van der Waals surface area contributed by atoms with Crippen LogP contribution < -0.4 is 10.2 Å². The molecule has 38 heavy (non-hydrogen) atoms. The summed E-state index contributed by atoms with van der Waals surface area (Å²) < 4.78 is 18.7. The lowest BCUT2D eigenvalue weighted by Crippen LogP contribution is -2.46. The molecule has 2 aliphatic rings. The summed E-state index contributed by atoms with van der Waals surface area (Å²) in [6, 6.07) is 21.4. The summed E-state index contributed by atoms with van der Waals surface area (Å²) in [4.78, 5) is 43.1. The monoisotopic (exact) mass is 531 g/mol. The number of likely N-dealkylation sites (tertiary alicyclic amines) is 1. The van der Waals surface area contributed by atoms with Crippen molar-refractivity contribution in [3.05, 3.63) is 89.5 Å². The van der Waals surface area contributed by atoms with E-state index in [2.05, 4.69) is 5.32 Å². The average molecular weight is 532 g/mol. The van der Waals surface area contributed by atoms with E-state index in [-0.39, 0.29) is 30.5 Å². The maximum Gasteiger partial charge on any atom is 0.409 e. The van der Waals surface area contributed by atoms with Gasteiger partial charge >= 0.3 is 6.09 Å². The Morgan fingerprint density at radius 3 is 2.42 bits per heavy atom. The predicted molar refractivity (Wildman–Crippen MR) is 144 cm³/mol. The van der Waals surface area contributed by atoms with Crippen LogP contribution in [0, 0.1) is 0 Å². The normalized spacial score (nSPS) is 17.3. The van der Waals surface area contributed by atoms with Crippen molar-refractivity contribution in [3.63, 3.8) is 0 Å². The van der Waals surface area contributed by atoms with Gasteiger partial charge in [0.2, 0.25) is 0 Å². The standard InChI is InChI=1S/C29H29N3O5S/c1-2-37-29(35)31-16-14-22(15-17-31)30-27(33)21-12-13-26-24(18-21)32(19-20-8-4-3-5-9-20)28(34)23-10-6-7-11-25(23)38(26)36/h3-13,18,22H,2,14-17,19H2,1H3,(H,30,33)/t38-/m1/s1. The number of piperidine rings is 1. The molecule has 196 valence electrons. The van der Waals surface area contributed by atoms with E-state index in [4.69, 9.17) is 4.74 Å². The first-order valence-corrected chi connectivity index (χ1v) is 13.8. The molecule has 3 amide bonds. The van der Waals surface area contributed by atoms with Gasteiger partial charge in [0.1, 0.15) is 0 Å². The number of benzene rings is 3. The number of rotatable bonds is 5. The Hall–Kier alpha value is -3.98. The number of carbonyl (C=O) groups excluding carboxylic acids is 3. The van der Waals surface area contributed by atoms with E-state index in [1.807, 2.05) is 30.3 Å². The Labute approximate surface area is 224 Å². The molecule has 1 fully saturated rings. The van der Waals surface area contributed by atoms with Crippen LogP contribution in [0.5, 0.6) is 0 Å². The lowest BCUT2D eigenvalue weighted by Gasteiger charge is -2.31. The number of fused-ring (bicyclic) bond motifs is 2. The molecule has 9 heteroatoms. The van der Waals surface area contributed by atoms with Crippen molar-refractivity contribution in [3.8, 4) is 0 Å². The van der Waals surface area contributed by atoms with Crippen LogP contribution in [0.2, 0.25) is 0 Å². The summed E-state index contributed by atoms with van der Waals surface area (Å²) in [6.45, 7) is 3.38. The minimum absolute atomic E-state index is 0.0903. The third-order valence-corrected chi connectivity index (χ3v) is 8.31. The van der Waals surface area contributed by atoms with Gasteiger partial charge in [0.05, 0.1) is 45.0 Å². The molecule has 0 aromatic heterocycles. The van der Waals surface area contributed by atoms with Crippen LogP contribution in [-0.2, 0) is 22.1 Å². The van der Waals surface area contributed by atoms with Crippen molar-refractivity contribution in [2.24, 2.45) is 0 Å². The Bertz CT molecular complexity index is 1390. The molecule has 1 atom stereocenters. The van der Waals surface area contributed by atoms with Gasteiger partial charge in [-0.2, -0.15) is 0 Å². The second kappa shape index (κ2) is 11.2. The van der Waals surface area contributed by atoms with Gasteiger partial charge in [-0.1, -0.05) is 42.5 Å². The second-order valence-electron chi connectivity index (χ2n) is 9.26. The van der Waals surface area contributed by atoms with Gasteiger partial charge in [-0.05, 0) is 55.7 Å². The third-order valence-electron chi connectivity index (χ3n) is 6.81. The van der Waals surface area contributed by atoms with Gasteiger partial charge in [-0.15, -0.1) is 0 Å². The molecule has 2 aliphatic heterocycles. The van der Waals surface area contributed by atoms with E-state index in [1.165, 1.54) is 0 Å². The lowest BCUT2D eigenvalue weighted by atomic mass is 10.0. The molecule has 5 rings (SSSR count). The van der Waals surface area contributed by atoms with E-state index in [1.54, 1.807) is 59.2 Å². The van der Waals surface area contributed by atoms with Crippen LogP contribution in [0.4, 0.5) is 10.5 Å². The van der Waals surface area contributed by atoms with Gasteiger partial charge < -0.3 is 19.9 Å². The molecule has 0 spiro atoms. The van der Waals surface area contributed by atoms with Gasteiger partial charge in [-0.3, -0.25) is 9.59 Å². The summed E-state index contributed by atoms with van der Waals surface area (Å²) in [5, 5.41) is 3.06. The molecule has 0 aliphatic carbocycles. The topological polar surface area (TPSA) is 96.0 Å². The zero-order valence-corrected chi connectivity index (χ0v) is 21.9. The number of hydrogen-bond acceptors (Lipinski definition) is 5. The Morgan fingerprint density at radius 2 is 1.68 bits per heavy atom. The maximum atomic E-state index is 13.7. The second-order valence-corrected chi connectivity index (χ2v) is 10.7. The number of nitrogens with zero attached hydrogens (tertiary/aromatic N) is 2. The van der Waals surface area contributed by atoms with Crippen molar-refractivity contribution in [2.45, 2.75) is 42.1 Å². The molecular formula is C29H29N3O5S. The highest BCUT2D eigenvalue weighted by atomic mass is 32.2. The highest BCUT2D eigenvalue weighted by Gasteiger charge is 2.32. The van der Waals surface area contributed by atoms with E-state index in [9.17, 15) is 18.6 Å². The molecule has 0 saturated carbocycles. The number of nitrogens with one attached hydrogen (secondary N) is 1. The van der Waals surface area contributed by atoms with Crippen molar-refractivity contribution in [2.75, 3.05) is 24.6 Å². The van der Waals surface area contributed by atoms with E-state index < -0.39 is 10.8 Å². The summed E-state index contributed by atoms with van der Waals surface area (Å²) in [7, 11) is -1.59. The molecule has 0 unspecified atom stereocenters. The van der Waals surface area contributed by atoms with Crippen LogP contribution in [-0.4, -0.2) is 52.8 Å². The van der Waals surface area contributed by atoms with Crippen molar-refractivity contribution in [1.82, 2.24) is 10.2 Å². The maximum absolute atomic E-state index is 13.7. The van der Waals surface area contributed by atoms with E-state index in [0.717, 1.165) is 5.56 Å². The number of amides is 3. The quantitative estimate of drug-likeness (QED) is 0.528. The molecular weight excluding hydrogens is 502 g/mol.